The lowest BCUT2D eigenvalue weighted by Gasteiger charge is -2.08. The summed E-state index contributed by atoms with van der Waals surface area (Å²) < 4.78 is 10.6. The first-order chi connectivity index (χ1) is 13.6. The maximum absolute atomic E-state index is 12.3. The van der Waals surface area contributed by atoms with Gasteiger partial charge in [-0.25, -0.2) is 0 Å². The molecule has 3 aromatic rings. The number of rotatable bonds is 5. The SMILES string of the molecule is COc1ccc(OC)c(-c2cc(C(=O)NCC#Cc3cccc(Cl)c3)[nH]n2)c1. The van der Waals surface area contributed by atoms with E-state index < -0.39 is 0 Å². The van der Waals surface area contributed by atoms with Gasteiger partial charge in [0, 0.05) is 16.1 Å². The van der Waals surface area contributed by atoms with Crippen LogP contribution in [-0.4, -0.2) is 36.9 Å². The van der Waals surface area contributed by atoms with Crippen molar-refractivity contribution in [3.05, 3.63) is 64.8 Å². The van der Waals surface area contributed by atoms with Crippen LogP contribution in [0.1, 0.15) is 16.1 Å². The summed E-state index contributed by atoms with van der Waals surface area (Å²) in [4.78, 5) is 12.3. The van der Waals surface area contributed by atoms with Crippen molar-refractivity contribution in [2.24, 2.45) is 0 Å². The molecule has 2 N–H and O–H groups in total. The number of halogens is 1. The van der Waals surface area contributed by atoms with E-state index in [1.54, 1.807) is 50.6 Å². The second-order valence-corrected chi connectivity index (χ2v) is 6.16. The molecule has 0 spiro atoms. The number of methoxy groups -OCH3 is 2. The van der Waals surface area contributed by atoms with Gasteiger partial charge in [-0.05, 0) is 42.5 Å². The smallest absolute Gasteiger partial charge is 0.270 e. The van der Waals surface area contributed by atoms with E-state index in [-0.39, 0.29) is 12.5 Å². The summed E-state index contributed by atoms with van der Waals surface area (Å²) in [6.07, 6.45) is 0. The third-order valence-corrected chi connectivity index (χ3v) is 4.13. The Hall–Kier alpha value is -3.43. The van der Waals surface area contributed by atoms with Crippen LogP contribution in [0.15, 0.2) is 48.5 Å². The van der Waals surface area contributed by atoms with Gasteiger partial charge in [-0.2, -0.15) is 5.10 Å². The Morgan fingerprint density at radius 1 is 1.18 bits per heavy atom. The third-order valence-electron chi connectivity index (χ3n) is 3.90. The monoisotopic (exact) mass is 395 g/mol. The lowest BCUT2D eigenvalue weighted by Crippen LogP contribution is -2.23. The molecule has 28 heavy (non-hydrogen) atoms. The lowest BCUT2D eigenvalue weighted by molar-refractivity contribution is 0.0953. The summed E-state index contributed by atoms with van der Waals surface area (Å²) in [5.41, 5.74) is 2.41. The molecule has 0 unspecified atom stereocenters. The average Bonchev–Trinajstić information content (AvgIpc) is 3.21. The lowest BCUT2D eigenvalue weighted by atomic mass is 10.1. The number of hydrogen-bond acceptors (Lipinski definition) is 4. The molecule has 0 fully saturated rings. The van der Waals surface area contributed by atoms with E-state index >= 15 is 0 Å². The van der Waals surface area contributed by atoms with Crippen LogP contribution in [0.2, 0.25) is 5.02 Å². The zero-order valence-electron chi connectivity index (χ0n) is 15.4. The molecular weight excluding hydrogens is 378 g/mol. The Bertz CT molecular complexity index is 1050. The van der Waals surface area contributed by atoms with E-state index in [0.29, 0.717) is 27.9 Å². The summed E-state index contributed by atoms with van der Waals surface area (Å²) in [5, 5.41) is 10.3. The average molecular weight is 396 g/mol. The van der Waals surface area contributed by atoms with Crippen molar-refractivity contribution in [2.45, 2.75) is 0 Å². The van der Waals surface area contributed by atoms with Gasteiger partial charge >= 0.3 is 0 Å². The molecule has 0 bridgehead atoms. The normalized spacial score (nSPS) is 9.96. The number of ether oxygens (including phenoxy) is 2. The van der Waals surface area contributed by atoms with Crippen molar-refractivity contribution in [1.82, 2.24) is 15.5 Å². The van der Waals surface area contributed by atoms with Gasteiger partial charge in [0.2, 0.25) is 0 Å². The number of nitrogens with zero attached hydrogens (tertiary/aromatic N) is 1. The number of nitrogens with one attached hydrogen (secondary N) is 2. The fourth-order valence-electron chi connectivity index (χ4n) is 2.52. The molecule has 3 rings (SSSR count). The van der Waals surface area contributed by atoms with Crippen LogP contribution in [0.3, 0.4) is 0 Å². The number of hydrogen-bond donors (Lipinski definition) is 2. The van der Waals surface area contributed by atoms with Crippen molar-refractivity contribution in [3.63, 3.8) is 0 Å². The van der Waals surface area contributed by atoms with E-state index in [1.165, 1.54) is 0 Å². The molecule has 142 valence electrons. The van der Waals surface area contributed by atoms with Gasteiger partial charge in [0.25, 0.3) is 5.91 Å². The number of benzene rings is 2. The number of carbonyl (C=O) groups is 1. The number of amides is 1. The molecule has 0 aliphatic carbocycles. The molecule has 1 amide bonds. The highest BCUT2D eigenvalue weighted by Crippen LogP contribution is 2.32. The van der Waals surface area contributed by atoms with E-state index in [9.17, 15) is 4.79 Å². The summed E-state index contributed by atoms with van der Waals surface area (Å²) in [6.45, 7) is 0.197. The third kappa shape index (κ3) is 4.64. The highest BCUT2D eigenvalue weighted by Gasteiger charge is 2.14. The molecule has 0 radical (unpaired) electrons. The second-order valence-electron chi connectivity index (χ2n) is 5.73. The first kappa shape index (κ1) is 19.3. The van der Waals surface area contributed by atoms with Gasteiger partial charge in [0.15, 0.2) is 0 Å². The largest absolute Gasteiger partial charge is 0.497 e. The summed E-state index contributed by atoms with van der Waals surface area (Å²) >= 11 is 5.92. The van der Waals surface area contributed by atoms with Gasteiger partial charge < -0.3 is 14.8 Å². The summed E-state index contributed by atoms with van der Waals surface area (Å²) in [7, 11) is 3.16. The molecule has 7 heteroatoms. The zero-order chi connectivity index (χ0) is 19.9. The van der Waals surface area contributed by atoms with Crippen molar-refractivity contribution in [1.29, 1.82) is 0 Å². The zero-order valence-corrected chi connectivity index (χ0v) is 16.1. The minimum Gasteiger partial charge on any atom is -0.497 e. The quantitative estimate of drug-likeness (QED) is 0.648. The molecular formula is C21H18ClN3O3. The Morgan fingerprint density at radius 2 is 2.04 bits per heavy atom. The van der Waals surface area contributed by atoms with Gasteiger partial charge in [-0.3, -0.25) is 9.89 Å². The Labute approximate surface area is 167 Å². The predicted molar refractivity (Wildman–Crippen MR) is 108 cm³/mol. The minimum absolute atomic E-state index is 0.197. The van der Waals surface area contributed by atoms with Gasteiger partial charge in [-0.15, -0.1) is 0 Å². The van der Waals surface area contributed by atoms with Crippen LogP contribution < -0.4 is 14.8 Å². The Balaban J connectivity index is 1.68. The maximum Gasteiger partial charge on any atom is 0.270 e. The van der Waals surface area contributed by atoms with Gasteiger partial charge in [0.05, 0.1) is 26.5 Å². The summed E-state index contributed by atoms with van der Waals surface area (Å²) in [5.74, 6) is 6.83. The van der Waals surface area contributed by atoms with Crippen LogP contribution >= 0.6 is 11.6 Å². The van der Waals surface area contributed by atoms with Crippen LogP contribution in [0.25, 0.3) is 11.3 Å². The van der Waals surface area contributed by atoms with Crippen LogP contribution in [-0.2, 0) is 0 Å². The first-order valence-corrected chi connectivity index (χ1v) is 8.79. The fourth-order valence-corrected chi connectivity index (χ4v) is 2.71. The number of aromatic nitrogens is 2. The molecule has 0 atom stereocenters. The first-order valence-electron chi connectivity index (χ1n) is 8.41. The van der Waals surface area contributed by atoms with Crippen molar-refractivity contribution < 1.29 is 14.3 Å². The topological polar surface area (TPSA) is 76.2 Å². The predicted octanol–water partition coefficient (Wildman–Crippen LogP) is 3.53. The summed E-state index contributed by atoms with van der Waals surface area (Å²) in [6, 6.07) is 14.2. The maximum atomic E-state index is 12.3. The standard InChI is InChI=1S/C21H18ClN3O3/c1-27-16-8-9-20(28-2)17(12-16)18-13-19(25-24-18)21(26)23-10-4-6-14-5-3-7-15(22)11-14/h3,5,7-9,11-13H,10H2,1-2H3,(H,23,26)(H,24,25). The van der Waals surface area contributed by atoms with Crippen LogP contribution in [0.5, 0.6) is 11.5 Å². The number of aromatic amines is 1. The van der Waals surface area contributed by atoms with E-state index in [1.807, 2.05) is 12.1 Å². The van der Waals surface area contributed by atoms with Crippen LogP contribution in [0.4, 0.5) is 0 Å². The van der Waals surface area contributed by atoms with Gasteiger partial charge in [-0.1, -0.05) is 29.5 Å². The van der Waals surface area contributed by atoms with Crippen molar-refractivity contribution in [2.75, 3.05) is 20.8 Å². The molecule has 1 aromatic heterocycles. The van der Waals surface area contributed by atoms with E-state index in [4.69, 9.17) is 21.1 Å². The van der Waals surface area contributed by atoms with Gasteiger partial charge in [0.1, 0.15) is 17.2 Å². The van der Waals surface area contributed by atoms with Crippen molar-refractivity contribution in [3.8, 4) is 34.6 Å². The Kier molecular flexibility index (Phi) is 6.20. The second kappa shape index (κ2) is 8.98. The highest BCUT2D eigenvalue weighted by molar-refractivity contribution is 6.30. The molecule has 0 saturated carbocycles. The molecule has 6 nitrogen and oxygen atoms in total. The number of H-pyrrole nitrogens is 1. The highest BCUT2D eigenvalue weighted by atomic mass is 35.5. The number of carbonyl (C=O) groups excluding carboxylic acids is 1. The molecule has 0 aliphatic rings. The minimum atomic E-state index is -0.305. The molecule has 0 saturated heterocycles. The van der Waals surface area contributed by atoms with E-state index in [0.717, 1.165) is 11.1 Å². The van der Waals surface area contributed by atoms with Crippen LogP contribution in [0, 0.1) is 11.8 Å². The van der Waals surface area contributed by atoms with Crippen molar-refractivity contribution >= 4 is 17.5 Å². The fraction of sp³-hybridized carbons (Fsp3) is 0.143. The molecule has 1 heterocycles. The molecule has 2 aromatic carbocycles. The molecule has 0 aliphatic heterocycles. The Morgan fingerprint density at radius 3 is 2.79 bits per heavy atom. The van der Waals surface area contributed by atoms with E-state index in [2.05, 4.69) is 27.4 Å².